The van der Waals surface area contributed by atoms with E-state index in [1.165, 1.54) is 18.3 Å². The molecule has 0 saturated carbocycles. The van der Waals surface area contributed by atoms with Crippen molar-refractivity contribution in [2.45, 2.75) is 32.9 Å². The highest BCUT2D eigenvalue weighted by Crippen LogP contribution is 2.26. The maximum Gasteiger partial charge on any atom is 0.229 e. The van der Waals surface area contributed by atoms with Crippen LogP contribution in [-0.4, -0.2) is 11.8 Å². The van der Waals surface area contributed by atoms with Crippen molar-refractivity contribution < 1.29 is 14.0 Å². The topological polar surface area (TPSA) is 62.6 Å². The summed E-state index contributed by atoms with van der Waals surface area (Å²) in [5, 5.41) is 4.83. The Labute approximate surface area is 162 Å². The van der Waals surface area contributed by atoms with Gasteiger partial charge in [-0.3, -0.25) is 9.59 Å². The third-order valence-electron chi connectivity index (χ3n) is 4.18. The zero-order valence-corrected chi connectivity index (χ0v) is 16.2. The van der Waals surface area contributed by atoms with Gasteiger partial charge in [-0.25, -0.2) is 0 Å². The highest BCUT2D eigenvalue weighted by atomic mass is 32.1. The number of hydrogen-bond acceptors (Lipinski definition) is 4. The first kappa shape index (κ1) is 18.9. The van der Waals surface area contributed by atoms with Crippen LogP contribution < -0.4 is 10.2 Å². The molecule has 0 saturated heterocycles. The molecule has 0 radical (unpaired) electrons. The van der Waals surface area contributed by atoms with Crippen LogP contribution in [0.15, 0.2) is 64.6 Å². The van der Waals surface area contributed by atoms with Crippen LogP contribution in [0.25, 0.3) is 0 Å². The molecular weight excluding hydrogens is 360 g/mol. The lowest BCUT2D eigenvalue weighted by atomic mass is 10.1. The molecule has 0 unspecified atom stereocenters. The van der Waals surface area contributed by atoms with E-state index in [1.807, 2.05) is 54.8 Å². The van der Waals surface area contributed by atoms with Crippen molar-refractivity contribution in [3.8, 4) is 0 Å². The number of thiophene rings is 1. The number of nitrogens with zero attached hydrogens (tertiary/aromatic N) is 1. The Morgan fingerprint density at radius 3 is 2.52 bits per heavy atom. The van der Waals surface area contributed by atoms with Crippen molar-refractivity contribution in [2.75, 3.05) is 4.90 Å². The van der Waals surface area contributed by atoms with Gasteiger partial charge in [0.05, 0.1) is 25.3 Å². The molecule has 1 aromatic carbocycles. The van der Waals surface area contributed by atoms with Crippen molar-refractivity contribution in [3.05, 3.63) is 76.4 Å². The second kappa shape index (κ2) is 8.68. The first-order valence-electron chi connectivity index (χ1n) is 8.73. The molecule has 6 heteroatoms. The van der Waals surface area contributed by atoms with Crippen molar-refractivity contribution in [2.24, 2.45) is 0 Å². The smallest absolute Gasteiger partial charge is 0.229 e. The van der Waals surface area contributed by atoms with Gasteiger partial charge < -0.3 is 14.6 Å². The van der Waals surface area contributed by atoms with Crippen LogP contribution in [0.3, 0.4) is 0 Å². The van der Waals surface area contributed by atoms with E-state index in [1.54, 1.807) is 17.2 Å². The van der Waals surface area contributed by atoms with E-state index in [2.05, 4.69) is 5.32 Å². The molecule has 0 spiro atoms. The maximum atomic E-state index is 13.2. The fourth-order valence-electron chi connectivity index (χ4n) is 2.85. The predicted molar refractivity (Wildman–Crippen MR) is 107 cm³/mol. The lowest BCUT2D eigenvalue weighted by Gasteiger charge is -2.25. The maximum absolute atomic E-state index is 13.2. The van der Waals surface area contributed by atoms with Crippen molar-refractivity contribution in [1.29, 1.82) is 0 Å². The van der Waals surface area contributed by atoms with Crippen LogP contribution in [0.5, 0.6) is 0 Å². The summed E-state index contributed by atoms with van der Waals surface area (Å²) in [6.45, 7) is 3.81. The van der Waals surface area contributed by atoms with E-state index in [0.717, 1.165) is 16.1 Å². The molecule has 0 aliphatic rings. The average Bonchev–Trinajstić information content (AvgIpc) is 3.33. The first-order valence-corrected chi connectivity index (χ1v) is 9.61. The number of aryl methyl sites for hydroxylation is 1. The van der Waals surface area contributed by atoms with E-state index in [9.17, 15) is 9.59 Å². The van der Waals surface area contributed by atoms with Gasteiger partial charge in [0.25, 0.3) is 0 Å². The monoisotopic (exact) mass is 382 g/mol. The van der Waals surface area contributed by atoms with Gasteiger partial charge in [0.15, 0.2) is 0 Å². The van der Waals surface area contributed by atoms with Crippen LogP contribution in [0.4, 0.5) is 5.69 Å². The Bertz CT molecular complexity index is 871. The third-order valence-corrected chi connectivity index (χ3v) is 5.17. The molecule has 0 fully saturated rings. The van der Waals surface area contributed by atoms with Crippen LogP contribution >= 0.6 is 11.3 Å². The van der Waals surface area contributed by atoms with Gasteiger partial charge in [-0.1, -0.05) is 23.8 Å². The van der Waals surface area contributed by atoms with E-state index in [4.69, 9.17) is 4.42 Å². The Kier molecular flexibility index (Phi) is 6.08. The molecule has 1 atom stereocenters. The van der Waals surface area contributed by atoms with E-state index in [-0.39, 0.29) is 24.3 Å². The molecule has 3 aromatic rings. The molecule has 3 rings (SSSR count). The zero-order chi connectivity index (χ0) is 19.2. The van der Waals surface area contributed by atoms with Crippen LogP contribution in [0, 0.1) is 6.92 Å². The molecule has 0 aliphatic carbocycles. The fourth-order valence-corrected chi connectivity index (χ4v) is 3.63. The van der Waals surface area contributed by atoms with Crippen LogP contribution in [0.1, 0.15) is 35.6 Å². The molecule has 2 aromatic heterocycles. The minimum atomic E-state index is -0.348. The molecule has 27 heavy (non-hydrogen) atoms. The highest BCUT2D eigenvalue weighted by Gasteiger charge is 2.24. The number of benzene rings is 1. The van der Waals surface area contributed by atoms with Crippen LogP contribution in [0.2, 0.25) is 0 Å². The van der Waals surface area contributed by atoms with Crippen molar-refractivity contribution >= 4 is 28.8 Å². The normalized spacial score (nSPS) is 11.8. The molecule has 0 aliphatic heterocycles. The fraction of sp³-hybridized carbons (Fsp3) is 0.238. The number of anilines is 1. The summed E-state index contributed by atoms with van der Waals surface area (Å²) in [6, 6.07) is 15.0. The number of nitrogens with one attached hydrogen (secondary N) is 1. The SMILES string of the molecule is CC(=O)N[C@@H](CC(=O)N(Cc1ccco1)c1ccc(C)cc1)c1cccs1. The van der Waals surface area contributed by atoms with Gasteiger partial charge in [0.1, 0.15) is 5.76 Å². The Balaban J connectivity index is 1.84. The molecule has 5 nitrogen and oxygen atoms in total. The average molecular weight is 382 g/mol. The van der Waals surface area contributed by atoms with Gasteiger partial charge in [-0.05, 0) is 42.6 Å². The number of furan rings is 1. The van der Waals surface area contributed by atoms with E-state index < -0.39 is 0 Å². The summed E-state index contributed by atoms with van der Waals surface area (Å²) in [5.74, 6) is 0.465. The predicted octanol–water partition coefficient (Wildman–Crippen LogP) is 4.45. The van der Waals surface area contributed by atoms with Crippen molar-refractivity contribution in [1.82, 2.24) is 5.32 Å². The third kappa shape index (κ3) is 5.08. The molecule has 2 amide bonds. The second-order valence-electron chi connectivity index (χ2n) is 6.37. The minimum Gasteiger partial charge on any atom is -0.467 e. The van der Waals surface area contributed by atoms with Gasteiger partial charge in [-0.2, -0.15) is 0 Å². The van der Waals surface area contributed by atoms with Crippen molar-refractivity contribution in [3.63, 3.8) is 0 Å². The number of carbonyl (C=O) groups is 2. The van der Waals surface area contributed by atoms with Gasteiger partial charge >= 0.3 is 0 Å². The van der Waals surface area contributed by atoms with E-state index >= 15 is 0 Å². The molecular formula is C21H22N2O3S. The molecule has 140 valence electrons. The zero-order valence-electron chi connectivity index (χ0n) is 15.3. The molecule has 1 N–H and O–H groups in total. The first-order chi connectivity index (χ1) is 13.0. The summed E-state index contributed by atoms with van der Waals surface area (Å²) in [6.07, 6.45) is 1.77. The largest absolute Gasteiger partial charge is 0.467 e. The Morgan fingerprint density at radius 1 is 1.15 bits per heavy atom. The quantitative estimate of drug-likeness (QED) is 0.657. The van der Waals surface area contributed by atoms with Crippen LogP contribution in [-0.2, 0) is 16.1 Å². The Morgan fingerprint density at radius 2 is 1.93 bits per heavy atom. The molecule has 0 bridgehead atoms. The standard InChI is InChI=1S/C21H22N2O3S/c1-15-7-9-17(10-8-15)23(14-18-5-3-11-26-18)21(25)13-19(22-16(2)24)20-6-4-12-27-20/h3-12,19H,13-14H2,1-2H3,(H,22,24)/t19-/m0/s1. The summed E-state index contributed by atoms with van der Waals surface area (Å²) >= 11 is 1.53. The molecule has 2 heterocycles. The lowest BCUT2D eigenvalue weighted by Crippen LogP contribution is -2.35. The number of rotatable bonds is 7. The van der Waals surface area contributed by atoms with E-state index in [0.29, 0.717) is 12.3 Å². The summed E-state index contributed by atoms with van der Waals surface area (Å²) in [4.78, 5) is 27.5. The summed E-state index contributed by atoms with van der Waals surface area (Å²) < 4.78 is 5.44. The number of amides is 2. The lowest BCUT2D eigenvalue weighted by molar-refractivity contribution is -0.121. The van der Waals surface area contributed by atoms with Gasteiger partial charge in [0.2, 0.25) is 11.8 Å². The van der Waals surface area contributed by atoms with Gasteiger partial charge in [-0.15, -0.1) is 11.3 Å². The minimum absolute atomic E-state index is 0.0811. The highest BCUT2D eigenvalue weighted by molar-refractivity contribution is 7.10. The second-order valence-corrected chi connectivity index (χ2v) is 7.35. The van der Waals surface area contributed by atoms with Gasteiger partial charge in [0, 0.05) is 17.5 Å². The number of hydrogen-bond donors (Lipinski definition) is 1. The number of carbonyl (C=O) groups excluding carboxylic acids is 2. The summed E-state index contributed by atoms with van der Waals surface area (Å²) in [5.41, 5.74) is 1.92. The summed E-state index contributed by atoms with van der Waals surface area (Å²) in [7, 11) is 0. The Hall–Kier alpha value is -2.86.